The molecule has 1 atom stereocenters. The molecule has 3 aromatic rings. The van der Waals surface area contributed by atoms with Crippen LogP contribution in [0.3, 0.4) is 0 Å². The van der Waals surface area contributed by atoms with Crippen LogP contribution in [0, 0.1) is 22.9 Å². The lowest BCUT2D eigenvalue weighted by molar-refractivity contribution is -0.387. The number of carbonyl (C=O) groups excluding carboxylic acids is 2. The molecular weight excluding hydrogens is 371 g/mol. The van der Waals surface area contributed by atoms with E-state index in [0.29, 0.717) is 5.65 Å². The van der Waals surface area contributed by atoms with E-state index in [0.717, 1.165) is 17.7 Å². The molecule has 0 bridgehead atoms. The number of imidazole rings is 1. The van der Waals surface area contributed by atoms with Crippen LogP contribution < -0.4 is 5.32 Å². The molecule has 2 heterocycles. The Hall–Kier alpha value is -3.82. The number of ether oxygens (including phenoxy) is 1. The predicted octanol–water partition coefficient (Wildman–Crippen LogP) is 2.87. The standard InChI is InChI=1S/C18H15FN4O5/c1-10-5-6-22-9-14(21-16(22)7-10)18(25)28-11(2)17(24)20-12-3-4-13(19)15(8-12)23(26)27/h3-9,11H,1-2H3,(H,20,24). The summed E-state index contributed by atoms with van der Waals surface area (Å²) in [6, 6.07) is 6.55. The van der Waals surface area contributed by atoms with Crippen LogP contribution in [0.4, 0.5) is 15.8 Å². The van der Waals surface area contributed by atoms with E-state index in [1.807, 2.05) is 13.0 Å². The first-order valence-electron chi connectivity index (χ1n) is 8.16. The molecule has 0 spiro atoms. The van der Waals surface area contributed by atoms with Gasteiger partial charge >= 0.3 is 11.7 Å². The molecule has 1 aromatic carbocycles. The average molecular weight is 386 g/mol. The molecule has 3 rings (SSSR count). The highest BCUT2D eigenvalue weighted by Gasteiger charge is 2.22. The molecule has 1 unspecified atom stereocenters. The molecule has 0 saturated carbocycles. The van der Waals surface area contributed by atoms with Crippen LogP contribution in [0.15, 0.2) is 42.7 Å². The van der Waals surface area contributed by atoms with Gasteiger partial charge in [-0.05, 0) is 43.7 Å². The highest BCUT2D eigenvalue weighted by molar-refractivity contribution is 5.97. The molecule has 10 heteroatoms. The summed E-state index contributed by atoms with van der Waals surface area (Å²) in [5.41, 5.74) is 0.788. The van der Waals surface area contributed by atoms with Crippen molar-refractivity contribution < 1.29 is 23.6 Å². The van der Waals surface area contributed by atoms with Crippen LogP contribution in [-0.2, 0) is 9.53 Å². The minimum atomic E-state index is -1.21. The van der Waals surface area contributed by atoms with Crippen LogP contribution in [0.2, 0.25) is 0 Å². The normalized spacial score (nSPS) is 11.8. The van der Waals surface area contributed by atoms with E-state index in [1.54, 1.807) is 16.7 Å². The molecule has 1 N–H and O–H groups in total. The largest absolute Gasteiger partial charge is 0.448 e. The number of hydrogen-bond acceptors (Lipinski definition) is 6. The smallest absolute Gasteiger partial charge is 0.359 e. The van der Waals surface area contributed by atoms with E-state index in [1.165, 1.54) is 19.2 Å². The van der Waals surface area contributed by atoms with Gasteiger partial charge in [0.25, 0.3) is 5.91 Å². The Kier molecular flexibility index (Phi) is 5.03. The Balaban J connectivity index is 1.68. The molecule has 0 aliphatic carbocycles. The zero-order chi connectivity index (χ0) is 20.4. The summed E-state index contributed by atoms with van der Waals surface area (Å²) in [7, 11) is 0. The van der Waals surface area contributed by atoms with Crippen molar-refractivity contribution in [3.8, 4) is 0 Å². The van der Waals surface area contributed by atoms with E-state index in [-0.39, 0.29) is 11.4 Å². The lowest BCUT2D eigenvalue weighted by atomic mass is 10.2. The number of nitrogens with one attached hydrogen (secondary N) is 1. The number of amides is 1. The number of aryl methyl sites for hydroxylation is 1. The van der Waals surface area contributed by atoms with Crippen molar-refractivity contribution in [3.63, 3.8) is 0 Å². The number of pyridine rings is 1. The number of nitro groups is 1. The van der Waals surface area contributed by atoms with Gasteiger partial charge in [0.05, 0.1) is 4.92 Å². The predicted molar refractivity (Wildman–Crippen MR) is 96.5 cm³/mol. The summed E-state index contributed by atoms with van der Waals surface area (Å²) in [5, 5.41) is 13.1. The quantitative estimate of drug-likeness (QED) is 0.409. The van der Waals surface area contributed by atoms with E-state index < -0.39 is 34.4 Å². The zero-order valence-electron chi connectivity index (χ0n) is 14.9. The van der Waals surface area contributed by atoms with Gasteiger partial charge in [0.1, 0.15) is 5.65 Å². The van der Waals surface area contributed by atoms with Crippen LogP contribution in [0.1, 0.15) is 23.0 Å². The third kappa shape index (κ3) is 3.95. The molecule has 0 aliphatic heterocycles. The fourth-order valence-corrected chi connectivity index (χ4v) is 2.43. The molecule has 1 amide bonds. The number of halogens is 1. The van der Waals surface area contributed by atoms with E-state index in [9.17, 15) is 24.1 Å². The number of hydrogen-bond donors (Lipinski definition) is 1. The zero-order valence-corrected chi connectivity index (χ0v) is 14.9. The van der Waals surface area contributed by atoms with E-state index in [4.69, 9.17) is 4.74 Å². The van der Waals surface area contributed by atoms with Gasteiger partial charge in [-0.25, -0.2) is 9.78 Å². The number of aromatic nitrogens is 2. The highest BCUT2D eigenvalue weighted by atomic mass is 19.1. The number of fused-ring (bicyclic) bond motifs is 1. The average Bonchev–Trinajstić information content (AvgIpc) is 3.06. The SMILES string of the molecule is Cc1ccn2cc(C(=O)OC(C)C(=O)Nc3ccc(F)c([N+](=O)[O-])c3)nc2c1. The van der Waals surface area contributed by atoms with Gasteiger partial charge in [-0.1, -0.05) is 0 Å². The van der Waals surface area contributed by atoms with Crippen LogP contribution >= 0.6 is 0 Å². The van der Waals surface area contributed by atoms with Gasteiger partial charge in [0, 0.05) is 24.1 Å². The molecule has 0 aliphatic rings. The Bertz CT molecular complexity index is 1090. The van der Waals surface area contributed by atoms with Crippen molar-refractivity contribution in [2.75, 3.05) is 5.32 Å². The number of rotatable bonds is 5. The van der Waals surface area contributed by atoms with Gasteiger partial charge < -0.3 is 14.5 Å². The molecule has 2 aromatic heterocycles. The first-order chi connectivity index (χ1) is 13.2. The molecule has 0 radical (unpaired) electrons. The first-order valence-corrected chi connectivity index (χ1v) is 8.16. The van der Waals surface area contributed by atoms with Crippen molar-refractivity contribution in [1.82, 2.24) is 9.38 Å². The second-order valence-corrected chi connectivity index (χ2v) is 6.06. The topological polar surface area (TPSA) is 116 Å². The summed E-state index contributed by atoms with van der Waals surface area (Å²) in [6.45, 7) is 3.23. The maximum absolute atomic E-state index is 13.4. The van der Waals surface area contributed by atoms with Gasteiger partial charge in [0.2, 0.25) is 5.82 Å². The minimum absolute atomic E-state index is 0.00389. The van der Waals surface area contributed by atoms with Gasteiger partial charge in [-0.2, -0.15) is 4.39 Å². The number of carbonyl (C=O) groups is 2. The van der Waals surface area contributed by atoms with Crippen molar-refractivity contribution in [3.05, 3.63) is 69.9 Å². The van der Waals surface area contributed by atoms with Crippen molar-refractivity contribution >= 4 is 28.9 Å². The first kappa shape index (κ1) is 19.0. The molecule has 28 heavy (non-hydrogen) atoms. The second-order valence-electron chi connectivity index (χ2n) is 6.06. The summed E-state index contributed by atoms with van der Waals surface area (Å²) >= 11 is 0. The van der Waals surface area contributed by atoms with E-state index in [2.05, 4.69) is 10.3 Å². The van der Waals surface area contributed by atoms with Crippen molar-refractivity contribution in [2.45, 2.75) is 20.0 Å². The van der Waals surface area contributed by atoms with Gasteiger partial charge in [-0.3, -0.25) is 14.9 Å². The lowest BCUT2D eigenvalue weighted by Crippen LogP contribution is -2.30. The number of benzene rings is 1. The second kappa shape index (κ2) is 7.43. The van der Waals surface area contributed by atoms with Crippen LogP contribution in [0.25, 0.3) is 5.65 Å². The summed E-state index contributed by atoms with van der Waals surface area (Å²) in [4.78, 5) is 38.4. The Morgan fingerprint density at radius 1 is 1.32 bits per heavy atom. The Morgan fingerprint density at radius 3 is 2.79 bits per heavy atom. The molecule has 9 nitrogen and oxygen atoms in total. The maximum atomic E-state index is 13.4. The summed E-state index contributed by atoms with van der Waals surface area (Å²) < 4.78 is 20.1. The lowest BCUT2D eigenvalue weighted by Gasteiger charge is -2.12. The number of anilines is 1. The Labute approximate surface area is 157 Å². The van der Waals surface area contributed by atoms with Crippen molar-refractivity contribution in [1.29, 1.82) is 0 Å². The monoisotopic (exact) mass is 386 g/mol. The number of nitrogens with zero attached hydrogens (tertiary/aromatic N) is 3. The van der Waals surface area contributed by atoms with Crippen molar-refractivity contribution in [2.24, 2.45) is 0 Å². The van der Waals surface area contributed by atoms with Gasteiger partial charge in [0.15, 0.2) is 11.8 Å². The third-order valence-corrected chi connectivity index (χ3v) is 3.89. The molecule has 0 saturated heterocycles. The summed E-state index contributed by atoms with van der Waals surface area (Å²) in [6.07, 6.45) is 2.01. The fourth-order valence-electron chi connectivity index (χ4n) is 2.43. The van der Waals surface area contributed by atoms with Crippen LogP contribution in [-0.4, -0.2) is 32.3 Å². The minimum Gasteiger partial charge on any atom is -0.448 e. The third-order valence-electron chi connectivity index (χ3n) is 3.89. The highest BCUT2D eigenvalue weighted by Crippen LogP contribution is 2.22. The maximum Gasteiger partial charge on any atom is 0.359 e. The number of nitro benzene ring substituents is 1. The molecule has 0 fully saturated rings. The fraction of sp³-hybridized carbons (Fsp3) is 0.167. The number of esters is 1. The van der Waals surface area contributed by atoms with E-state index >= 15 is 0 Å². The van der Waals surface area contributed by atoms with Crippen LogP contribution in [0.5, 0.6) is 0 Å². The Morgan fingerprint density at radius 2 is 2.07 bits per heavy atom. The molecule has 144 valence electrons. The van der Waals surface area contributed by atoms with Gasteiger partial charge in [-0.15, -0.1) is 0 Å². The molecular formula is C18H15FN4O5. The summed E-state index contributed by atoms with van der Waals surface area (Å²) in [5.74, 6) is -2.55.